The highest BCUT2D eigenvalue weighted by Crippen LogP contribution is 2.25. The van der Waals surface area contributed by atoms with Crippen molar-refractivity contribution in [1.29, 1.82) is 0 Å². The van der Waals surface area contributed by atoms with Gasteiger partial charge in [0.05, 0.1) is 25.9 Å². The SMILES string of the molecule is COc1ccc(CCNC(=O)c2cnc(OC3CCOC3)c(Cl)c2)cc1. The van der Waals surface area contributed by atoms with Crippen LogP contribution < -0.4 is 14.8 Å². The molecule has 3 rings (SSSR count). The molecule has 1 aliphatic rings. The van der Waals surface area contributed by atoms with Crippen LogP contribution in [0.5, 0.6) is 11.6 Å². The van der Waals surface area contributed by atoms with E-state index in [1.54, 1.807) is 13.2 Å². The van der Waals surface area contributed by atoms with Crippen LogP contribution >= 0.6 is 11.6 Å². The molecular weight excluding hydrogens is 356 g/mol. The van der Waals surface area contributed by atoms with Crippen molar-refractivity contribution in [2.24, 2.45) is 0 Å². The number of amides is 1. The van der Waals surface area contributed by atoms with E-state index < -0.39 is 0 Å². The predicted octanol–water partition coefficient (Wildman–Crippen LogP) is 2.88. The molecule has 6 nitrogen and oxygen atoms in total. The molecule has 1 unspecified atom stereocenters. The van der Waals surface area contributed by atoms with Crippen LogP contribution in [0.4, 0.5) is 0 Å². The first-order chi connectivity index (χ1) is 12.7. The van der Waals surface area contributed by atoms with E-state index in [2.05, 4.69) is 10.3 Å². The van der Waals surface area contributed by atoms with Gasteiger partial charge in [-0.25, -0.2) is 4.98 Å². The van der Waals surface area contributed by atoms with Gasteiger partial charge in [0.15, 0.2) is 0 Å². The van der Waals surface area contributed by atoms with Gasteiger partial charge in [-0.2, -0.15) is 0 Å². The average molecular weight is 377 g/mol. The molecule has 2 aromatic rings. The van der Waals surface area contributed by atoms with Gasteiger partial charge in [0, 0.05) is 19.2 Å². The Bertz CT molecular complexity index is 746. The van der Waals surface area contributed by atoms with Gasteiger partial charge in [0.2, 0.25) is 5.88 Å². The normalized spacial score (nSPS) is 16.3. The Morgan fingerprint density at radius 2 is 2.19 bits per heavy atom. The number of rotatable bonds is 7. The van der Waals surface area contributed by atoms with Crippen LogP contribution in [0.1, 0.15) is 22.3 Å². The van der Waals surface area contributed by atoms with Crippen molar-refractivity contribution in [3.8, 4) is 11.6 Å². The molecule has 0 radical (unpaired) electrons. The molecule has 0 bridgehead atoms. The second kappa shape index (κ2) is 8.87. The number of hydrogen-bond donors (Lipinski definition) is 1. The summed E-state index contributed by atoms with van der Waals surface area (Å²) >= 11 is 6.19. The topological polar surface area (TPSA) is 69.7 Å². The fraction of sp³-hybridized carbons (Fsp3) is 0.368. The zero-order valence-corrected chi connectivity index (χ0v) is 15.3. The van der Waals surface area contributed by atoms with Crippen LogP contribution in [0, 0.1) is 0 Å². The second-order valence-corrected chi connectivity index (χ2v) is 6.38. The molecule has 0 spiro atoms. The molecule has 2 heterocycles. The minimum absolute atomic E-state index is 0.0378. The van der Waals surface area contributed by atoms with Gasteiger partial charge in [-0.1, -0.05) is 23.7 Å². The summed E-state index contributed by atoms with van der Waals surface area (Å²) in [5.41, 5.74) is 1.52. The fourth-order valence-electron chi connectivity index (χ4n) is 2.61. The van der Waals surface area contributed by atoms with Crippen molar-refractivity contribution in [2.75, 3.05) is 26.9 Å². The molecule has 1 aliphatic heterocycles. The van der Waals surface area contributed by atoms with Gasteiger partial charge >= 0.3 is 0 Å². The molecule has 0 saturated carbocycles. The summed E-state index contributed by atoms with van der Waals surface area (Å²) in [6.45, 7) is 1.73. The Morgan fingerprint density at radius 3 is 2.85 bits per heavy atom. The van der Waals surface area contributed by atoms with Crippen LogP contribution in [0.25, 0.3) is 0 Å². The highest BCUT2D eigenvalue weighted by Gasteiger charge is 2.20. The van der Waals surface area contributed by atoms with Crippen molar-refractivity contribution < 1.29 is 19.0 Å². The number of pyridine rings is 1. The number of aromatic nitrogens is 1. The molecule has 1 aromatic carbocycles. The molecule has 1 atom stereocenters. The quantitative estimate of drug-likeness (QED) is 0.804. The monoisotopic (exact) mass is 376 g/mol. The van der Waals surface area contributed by atoms with E-state index in [1.807, 2.05) is 24.3 Å². The molecule has 26 heavy (non-hydrogen) atoms. The number of ether oxygens (including phenoxy) is 3. The summed E-state index contributed by atoms with van der Waals surface area (Å²) in [6, 6.07) is 9.32. The summed E-state index contributed by atoms with van der Waals surface area (Å²) in [7, 11) is 1.63. The van der Waals surface area contributed by atoms with Crippen molar-refractivity contribution >= 4 is 17.5 Å². The zero-order chi connectivity index (χ0) is 18.4. The summed E-state index contributed by atoms with van der Waals surface area (Å²) in [6.07, 6.45) is 2.97. The lowest BCUT2D eigenvalue weighted by Gasteiger charge is -2.12. The molecule has 138 valence electrons. The number of benzene rings is 1. The lowest BCUT2D eigenvalue weighted by Crippen LogP contribution is -2.26. The van der Waals surface area contributed by atoms with Gasteiger partial charge in [0.1, 0.15) is 16.9 Å². The molecule has 1 amide bonds. The van der Waals surface area contributed by atoms with Crippen LogP contribution in [-0.4, -0.2) is 43.9 Å². The van der Waals surface area contributed by atoms with E-state index in [4.69, 9.17) is 25.8 Å². The number of carbonyl (C=O) groups excluding carboxylic acids is 1. The molecule has 1 aromatic heterocycles. The molecule has 1 fully saturated rings. The molecule has 7 heteroatoms. The first-order valence-electron chi connectivity index (χ1n) is 8.47. The highest BCUT2D eigenvalue weighted by atomic mass is 35.5. The van der Waals surface area contributed by atoms with E-state index in [9.17, 15) is 4.79 Å². The number of nitrogens with zero attached hydrogens (tertiary/aromatic N) is 1. The van der Waals surface area contributed by atoms with E-state index in [-0.39, 0.29) is 12.0 Å². The maximum absolute atomic E-state index is 12.3. The third-order valence-corrected chi connectivity index (χ3v) is 4.36. The van der Waals surface area contributed by atoms with Gasteiger partial charge in [-0.15, -0.1) is 0 Å². The van der Waals surface area contributed by atoms with Crippen LogP contribution in [0.15, 0.2) is 36.5 Å². The Labute approximate surface area is 157 Å². The maximum Gasteiger partial charge on any atom is 0.252 e. The van der Waals surface area contributed by atoms with Crippen LogP contribution in [0.3, 0.4) is 0 Å². The van der Waals surface area contributed by atoms with Gasteiger partial charge < -0.3 is 19.5 Å². The fourth-order valence-corrected chi connectivity index (χ4v) is 2.83. The molecular formula is C19H21ClN2O4. The van der Waals surface area contributed by atoms with E-state index >= 15 is 0 Å². The van der Waals surface area contributed by atoms with Crippen molar-refractivity contribution in [1.82, 2.24) is 10.3 Å². The lowest BCUT2D eigenvalue weighted by molar-refractivity contribution is 0.0953. The minimum atomic E-state index is -0.219. The zero-order valence-electron chi connectivity index (χ0n) is 14.5. The highest BCUT2D eigenvalue weighted by molar-refractivity contribution is 6.32. The van der Waals surface area contributed by atoms with Crippen LogP contribution in [0.2, 0.25) is 5.02 Å². The number of methoxy groups -OCH3 is 1. The first kappa shape index (κ1) is 18.5. The number of carbonyl (C=O) groups is 1. The Morgan fingerprint density at radius 1 is 1.38 bits per heavy atom. The summed E-state index contributed by atoms with van der Waals surface area (Å²) in [4.78, 5) is 16.4. The maximum atomic E-state index is 12.3. The summed E-state index contributed by atoms with van der Waals surface area (Å²) in [5, 5.41) is 3.19. The largest absolute Gasteiger partial charge is 0.497 e. The van der Waals surface area contributed by atoms with Crippen molar-refractivity contribution in [2.45, 2.75) is 18.9 Å². The van der Waals surface area contributed by atoms with Crippen molar-refractivity contribution in [3.63, 3.8) is 0 Å². The minimum Gasteiger partial charge on any atom is -0.497 e. The van der Waals surface area contributed by atoms with E-state index in [0.717, 1.165) is 24.2 Å². The average Bonchev–Trinajstić information content (AvgIpc) is 3.17. The Kier molecular flexibility index (Phi) is 6.30. The van der Waals surface area contributed by atoms with Gasteiger partial charge in [0.25, 0.3) is 5.91 Å². The Balaban J connectivity index is 1.51. The van der Waals surface area contributed by atoms with Gasteiger partial charge in [-0.05, 0) is 30.2 Å². The van der Waals surface area contributed by atoms with E-state index in [1.165, 1.54) is 6.20 Å². The third kappa shape index (κ3) is 4.86. The summed E-state index contributed by atoms with van der Waals surface area (Å²) < 4.78 is 16.1. The van der Waals surface area contributed by atoms with Crippen molar-refractivity contribution in [3.05, 3.63) is 52.7 Å². The number of nitrogens with one attached hydrogen (secondary N) is 1. The summed E-state index contributed by atoms with van der Waals surface area (Å²) in [5.74, 6) is 0.922. The van der Waals surface area contributed by atoms with Gasteiger partial charge in [-0.3, -0.25) is 4.79 Å². The standard InChI is InChI=1S/C19H21ClN2O4/c1-24-15-4-2-13(3-5-15)6-8-21-18(23)14-10-17(20)19(22-11-14)26-16-7-9-25-12-16/h2-5,10-11,16H,6-9,12H2,1H3,(H,21,23). The molecule has 0 aliphatic carbocycles. The lowest BCUT2D eigenvalue weighted by atomic mass is 10.1. The first-order valence-corrected chi connectivity index (χ1v) is 8.84. The molecule has 1 saturated heterocycles. The number of halogens is 1. The second-order valence-electron chi connectivity index (χ2n) is 5.97. The van der Waals surface area contributed by atoms with E-state index in [0.29, 0.717) is 36.2 Å². The van der Waals surface area contributed by atoms with Crippen LogP contribution in [-0.2, 0) is 11.2 Å². The smallest absolute Gasteiger partial charge is 0.252 e. The number of hydrogen-bond acceptors (Lipinski definition) is 5. The predicted molar refractivity (Wildman–Crippen MR) is 98.1 cm³/mol. The third-order valence-electron chi connectivity index (χ3n) is 4.09. The Hall–Kier alpha value is -2.31. The molecule has 1 N–H and O–H groups in total.